The van der Waals surface area contributed by atoms with Gasteiger partial charge < -0.3 is 10.6 Å². The Kier molecular flexibility index (Phi) is 5.16. The van der Waals surface area contributed by atoms with Gasteiger partial charge in [-0.15, -0.1) is 0 Å². The molecule has 0 radical (unpaired) electrons. The highest BCUT2D eigenvalue weighted by atomic mass is 32.2. The highest BCUT2D eigenvalue weighted by Crippen LogP contribution is 2.10. The van der Waals surface area contributed by atoms with Crippen molar-refractivity contribution >= 4 is 15.9 Å². The second-order valence-corrected chi connectivity index (χ2v) is 6.95. The summed E-state index contributed by atoms with van der Waals surface area (Å²) in [4.78, 5) is 12.0. The van der Waals surface area contributed by atoms with Gasteiger partial charge in [-0.05, 0) is 23.3 Å². The van der Waals surface area contributed by atoms with E-state index in [1.54, 1.807) is 12.1 Å². The predicted octanol–water partition coefficient (Wildman–Crippen LogP) is 2.09. The molecule has 0 bridgehead atoms. The zero-order valence-electron chi connectivity index (χ0n) is 12.2. The summed E-state index contributed by atoms with van der Waals surface area (Å²) in [6, 6.07) is 15.8. The monoisotopic (exact) mass is 318 g/mol. The molecule has 2 aromatic carbocycles. The minimum Gasteiger partial charge on any atom is -0.334 e. The SMILES string of the molecule is CS(=O)(=O)c1ccc(CNC(=O)NCc2ccccc2)cc1. The molecular weight excluding hydrogens is 300 g/mol. The number of urea groups is 1. The Bertz CT molecular complexity index is 726. The van der Waals surface area contributed by atoms with Crippen molar-refractivity contribution < 1.29 is 13.2 Å². The van der Waals surface area contributed by atoms with E-state index in [2.05, 4.69) is 10.6 Å². The van der Waals surface area contributed by atoms with Crippen LogP contribution < -0.4 is 10.6 Å². The van der Waals surface area contributed by atoms with E-state index in [0.29, 0.717) is 13.1 Å². The number of carbonyl (C=O) groups is 1. The number of sulfone groups is 1. The minimum absolute atomic E-state index is 0.268. The highest BCUT2D eigenvalue weighted by Gasteiger charge is 2.06. The molecule has 0 aliphatic rings. The fourth-order valence-corrected chi connectivity index (χ4v) is 2.51. The van der Waals surface area contributed by atoms with Crippen LogP contribution in [0.3, 0.4) is 0 Å². The normalized spacial score (nSPS) is 11.0. The maximum absolute atomic E-state index is 11.7. The number of benzene rings is 2. The van der Waals surface area contributed by atoms with E-state index in [-0.39, 0.29) is 10.9 Å². The third kappa shape index (κ3) is 4.89. The van der Waals surface area contributed by atoms with E-state index in [1.165, 1.54) is 12.1 Å². The lowest BCUT2D eigenvalue weighted by molar-refractivity contribution is 0.240. The summed E-state index contributed by atoms with van der Waals surface area (Å²) in [5.74, 6) is 0. The van der Waals surface area contributed by atoms with E-state index in [4.69, 9.17) is 0 Å². The Hall–Kier alpha value is -2.34. The maximum Gasteiger partial charge on any atom is 0.315 e. The molecule has 2 rings (SSSR count). The van der Waals surface area contributed by atoms with Crippen LogP contribution in [0.15, 0.2) is 59.5 Å². The summed E-state index contributed by atoms with van der Waals surface area (Å²) < 4.78 is 22.7. The molecule has 0 aromatic heterocycles. The van der Waals surface area contributed by atoms with Crippen molar-refractivity contribution in [2.24, 2.45) is 0 Å². The van der Waals surface area contributed by atoms with Crippen LogP contribution in [0.25, 0.3) is 0 Å². The van der Waals surface area contributed by atoms with Crippen molar-refractivity contribution in [2.45, 2.75) is 18.0 Å². The summed E-state index contributed by atoms with van der Waals surface area (Å²) in [7, 11) is -3.19. The van der Waals surface area contributed by atoms with E-state index >= 15 is 0 Å². The van der Waals surface area contributed by atoms with E-state index in [1.807, 2.05) is 30.3 Å². The molecule has 0 aliphatic carbocycles. The first kappa shape index (κ1) is 16.0. The van der Waals surface area contributed by atoms with Gasteiger partial charge in [0.15, 0.2) is 9.84 Å². The highest BCUT2D eigenvalue weighted by molar-refractivity contribution is 7.90. The summed E-state index contributed by atoms with van der Waals surface area (Å²) in [5.41, 5.74) is 1.86. The largest absolute Gasteiger partial charge is 0.334 e. The zero-order chi connectivity index (χ0) is 16.0. The van der Waals surface area contributed by atoms with Gasteiger partial charge in [0.25, 0.3) is 0 Å². The van der Waals surface area contributed by atoms with Gasteiger partial charge in [0.2, 0.25) is 0 Å². The number of nitrogens with one attached hydrogen (secondary N) is 2. The minimum atomic E-state index is -3.19. The van der Waals surface area contributed by atoms with Crippen molar-refractivity contribution in [2.75, 3.05) is 6.26 Å². The zero-order valence-corrected chi connectivity index (χ0v) is 13.1. The molecule has 2 aromatic rings. The Morgan fingerprint density at radius 1 is 0.864 bits per heavy atom. The third-order valence-electron chi connectivity index (χ3n) is 3.10. The lowest BCUT2D eigenvalue weighted by Crippen LogP contribution is -2.34. The summed E-state index contributed by atoms with van der Waals surface area (Å²) in [5, 5.41) is 5.49. The van der Waals surface area contributed by atoms with Gasteiger partial charge in [0, 0.05) is 19.3 Å². The summed E-state index contributed by atoms with van der Waals surface area (Å²) in [6.07, 6.45) is 1.16. The standard InChI is InChI=1S/C16H18N2O3S/c1-22(20,21)15-9-7-14(8-10-15)12-18-16(19)17-11-13-5-3-2-4-6-13/h2-10H,11-12H2,1H3,(H2,17,18,19). The first-order valence-electron chi connectivity index (χ1n) is 6.80. The molecule has 0 heterocycles. The van der Waals surface area contributed by atoms with Crippen molar-refractivity contribution in [3.05, 3.63) is 65.7 Å². The maximum atomic E-state index is 11.7. The molecule has 22 heavy (non-hydrogen) atoms. The van der Waals surface area contributed by atoms with Gasteiger partial charge >= 0.3 is 6.03 Å². The summed E-state index contributed by atoms with van der Waals surface area (Å²) >= 11 is 0. The lowest BCUT2D eigenvalue weighted by Gasteiger charge is -2.08. The number of rotatable bonds is 5. The quantitative estimate of drug-likeness (QED) is 0.886. The van der Waals surface area contributed by atoms with Gasteiger partial charge in [-0.25, -0.2) is 13.2 Å². The number of amides is 2. The van der Waals surface area contributed by atoms with Gasteiger partial charge in [-0.1, -0.05) is 42.5 Å². The molecule has 5 nitrogen and oxygen atoms in total. The molecule has 0 saturated heterocycles. The van der Waals surface area contributed by atoms with Crippen molar-refractivity contribution in [1.29, 1.82) is 0 Å². The smallest absolute Gasteiger partial charge is 0.315 e. The van der Waals surface area contributed by atoms with Gasteiger partial charge in [0.1, 0.15) is 0 Å². The van der Waals surface area contributed by atoms with Crippen molar-refractivity contribution in [3.63, 3.8) is 0 Å². The molecule has 2 amide bonds. The number of carbonyl (C=O) groups excluding carboxylic acids is 1. The van der Waals surface area contributed by atoms with Gasteiger partial charge in [-0.3, -0.25) is 0 Å². The molecule has 0 aliphatic heterocycles. The Morgan fingerprint density at radius 3 is 1.86 bits per heavy atom. The molecule has 0 fully saturated rings. The summed E-state index contributed by atoms with van der Waals surface area (Å²) in [6.45, 7) is 0.796. The van der Waals surface area contributed by atoms with Crippen LogP contribution in [0, 0.1) is 0 Å². The molecule has 0 saturated carbocycles. The van der Waals surface area contributed by atoms with Crippen LogP contribution in [-0.4, -0.2) is 20.7 Å². The fraction of sp³-hybridized carbons (Fsp3) is 0.188. The Morgan fingerprint density at radius 2 is 1.36 bits per heavy atom. The van der Waals surface area contributed by atoms with Crippen LogP contribution in [-0.2, 0) is 22.9 Å². The average molecular weight is 318 g/mol. The second-order valence-electron chi connectivity index (χ2n) is 4.94. The van der Waals surface area contributed by atoms with Crippen LogP contribution in [0.5, 0.6) is 0 Å². The topological polar surface area (TPSA) is 75.3 Å². The molecule has 0 unspecified atom stereocenters. The van der Waals surface area contributed by atoms with Crippen LogP contribution in [0.2, 0.25) is 0 Å². The van der Waals surface area contributed by atoms with Crippen LogP contribution in [0.1, 0.15) is 11.1 Å². The first-order valence-corrected chi connectivity index (χ1v) is 8.69. The Labute approximate surface area is 130 Å². The number of hydrogen-bond donors (Lipinski definition) is 2. The molecule has 0 spiro atoms. The van der Waals surface area contributed by atoms with Crippen LogP contribution >= 0.6 is 0 Å². The average Bonchev–Trinajstić information content (AvgIpc) is 2.51. The first-order chi connectivity index (χ1) is 10.4. The third-order valence-corrected chi connectivity index (χ3v) is 4.23. The molecule has 0 atom stereocenters. The van der Waals surface area contributed by atoms with Gasteiger partial charge in [0.05, 0.1) is 4.90 Å². The molecule has 2 N–H and O–H groups in total. The molecule has 116 valence electrons. The molecule has 6 heteroatoms. The Balaban J connectivity index is 1.81. The van der Waals surface area contributed by atoms with E-state index in [9.17, 15) is 13.2 Å². The van der Waals surface area contributed by atoms with E-state index in [0.717, 1.165) is 17.4 Å². The predicted molar refractivity (Wildman–Crippen MR) is 85.1 cm³/mol. The van der Waals surface area contributed by atoms with Crippen molar-refractivity contribution in [1.82, 2.24) is 10.6 Å². The molecular formula is C16H18N2O3S. The van der Waals surface area contributed by atoms with E-state index < -0.39 is 9.84 Å². The fourth-order valence-electron chi connectivity index (χ4n) is 1.88. The van der Waals surface area contributed by atoms with Gasteiger partial charge in [-0.2, -0.15) is 0 Å². The van der Waals surface area contributed by atoms with Crippen LogP contribution in [0.4, 0.5) is 4.79 Å². The number of hydrogen-bond acceptors (Lipinski definition) is 3. The lowest BCUT2D eigenvalue weighted by atomic mass is 10.2. The van der Waals surface area contributed by atoms with Crippen molar-refractivity contribution in [3.8, 4) is 0 Å². The second kappa shape index (κ2) is 7.09.